The molecule has 0 aliphatic rings. The van der Waals surface area contributed by atoms with Gasteiger partial charge in [-0.05, 0) is 26.8 Å². The van der Waals surface area contributed by atoms with Gasteiger partial charge in [-0.2, -0.15) is 0 Å². The number of rotatable bonds is 3. The molecule has 2 heteroatoms. The second kappa shape index (κ2) is 5.03. The molecule has 0 unspecified atom stereocenters. The number of aliphatic imine (C=N–C) groups is 1. The average molecular weight is 140 g/mol. The van der Waals surface area contributed by atoms with E-state index in [4.69, 9.17) is 0 Å². The minimum absolute atomic E-state index is 0.860. The smallest absolute Gasteiger partial charge is 0.0364 e. The van der Waals surface area contributed by atoms with Crippen LogP contribution in [0, 0.1) is 0 Å². The zero-order valence-corrected chi connectivity index (χ0v) is 7.23. The van der Waals surface area contributed by atoms with E-state index in [-0.39, 0.29) is 0 Å². The van der Waals surface area contributed by atoms with Crippen LogP contribution >= 0.6 is 0 Å². The van der Waals surface area contributed by atoms with E-state index in [1.807, 2.05) is 33.9 Å². The van der Waals surface area contributed by atoms with Crippen molar-refractivity contribution in [3.63, 3.8) is 0 Å². The zero-order chi connectivity index (χ0) is 7.98. The number of nitrogens with zero attached hydrogens (tertiary/aromatic N) is 1. The third-order valence-corrected chi connectivity index (χ3v) is 1.23. The number of nitrogens with one attached hydrogen (secondary N) is 1. The molecule has 0 spiro atoms. The van der Waals surface area contributed by atoms with Crippen LogP contribution in [0.5, 0.6) is 0 Å². The average Bonchev–Trinajstić information content (AvgIpc) is 1.88. The van der Waals surface area contributed by atoms with E-state index in [0.29, 0.717) is 0 Å². The van der Waals surface area contributed by atoms with Gasteiger partial charge in [-0.25, -0.2) is 0 Å². The second-order valence-corrected chi connectivity index (χ2v) is 2.19. The fourth-order valence-corrected chi connectivity index (χ4v) is 0.681. The molecule has 0 aromatic carbocycles. The molecule has 1 N–H and O–H groups in total. The Morgan fingerprint density at radius 3 is 2.50 bits per heavy atom. The predicted molar refractivity (Wildman–Crippen MR) is 46.5 cm³/mol. The van der Waals surface area contributed by atoms with Crippen LogP contribution in [0.2, 0.25) is 0 Å². The first-order valence-corrected chi connectivity index (χ1v) is 3.57. The summed E-state index contributed by atoms with van der Waals surface area (Å²) in [7, 11) is 1.91. The van der Waals surface area contributed by atoms with E-state index in [1.165, 1.54) is 0 Å². The molecule has 0 amide bonds. The Labute approximate surface area is 63.0 Å². The Hall–Kier alpha value is -0.790. The van der Waals surface area contributed by atoms with Crippen molar-refractivity contribution in [1.82, 2.24) is 5.32 Å². The Morgan fingerprint density at radius 1 is 1.50 bits per heavy atom. The van der Waals surface area contributed by atoms with Crippen LogP contribution < -0.4 is 5.32 Å². The first kappa shape index (κ1) is 9.21. The van der Waals surface area contributed by atoms with Gasteiger partial charge >= 0.3 is 0 Å². The van der Waals surface area contributed by atoms with Crippen molar-refractivity contribution in [3.05, 3.63) is 11.8 Å². The van der Waals surface area contributed by atoms with Gasteiger partial charge < -0.3 is 5.32 Å². The molecule has 2 nitrogen and oxygen atoms in total. The van der Waals surface area contributed by atoms with Crippen molar-refractivity contribution in [2.24, 2.45) is 4.99 Å². The van der Waals surface area contributed by atoms with Crippen molar-refractivity contribution in [2.45, 2.75) is 20.8 Å². The maximum absolute atomic E-state index is 4.21. The quantitative estimate of drug-likeness (QED) is 0.591. The molecule has 0 atom stereocenters. The van der Waals surface area contributed by atoms with Gasteiger partial charge in [0.2, 0.25) is 0 Å². The highest BCUT2D eigenvalue weighted by Gasteiger charge is 1.84. The monoisotopic (exact) mass is 140 g/mol. The van der Waals surface area contributed by atoms with Gasteiger partial charge in [0.1, 0.15) is 0 Å². The van der Waals surface area contributed by atoms with Crippen LogP contribution in [-0.4, -0.2) is 19.3 Å². The predicted octanol–water partition coefficient (Wildman–Crippen LogP) is 1.59. The highest BCUT2D eigenvalue weighted by molar-refractivity contribution is 5.93. The number of hydrogen-bond donors (Lipinski definition) is 1. The molecule has 0 aromatic heterocycles. The lowest BCUT2D eigenvalue weighted by molar-refractivity contribution is 0.991. The summed E-state index contributed by atoms with van der Waals surface area (Å²) in [6, 6.07) is 0. The standard InChI is InChI=1S/C8H16N2/c1-5-10-8(3)6-7(2)9-4/h6,9H,5H2,1-4H3/b7-6+,10-8-. The molecule has 58 valence electrons. The molecule has 10 heavy (non-hydrogen) atoms. The Kier molecular flexibility index (Phi) is 4.63. The molecule has 0 fully saturated rings. The molecular weight excluding hydrogens is 124 g/mol. The van der Waals surface area contributed by atoms with Crippen molar-refractivity contribution >= 4 is 5.71 Å². The van der Waals surface area contributed by atoms with Crippen LogP contribution in [0.15, 0.2) is 16.8 Å². The highest BCUT2D eigenvalue weighted by atomic mass is 14.8. The van der Waals surface area contributed by atoms with Crippen molar-refractivity contribution in [2.75, 3.05) is 13.6 Å². The summed E-state index contributed by atoms with van der Waals surface area (Å²) in [6.45, 7) is 6.92. The summed E-state index contributed by atoms with van der Waals surface area (Å²) in [5.74, 6) is 0. The van der Waals surface area contributed by atoms with Crippen molar-refractivity contribution < 1.29 is 0 Å². The van der Waals surface area contributed by atoms with Crippen LogP contribution in [0.3, 0.4) is 0 Å². The lowest BCUT2D eigenvalue weighted by atomic mass is 10.3. The fourth-order valence-electron chi connectivity index (χ4n) is 0.681. The number of hydrogen-bond acceptors (Lipinski definition) is 2. The SMILES string of the molecule is CC/N=C(C)\C=C(/C)NC. The molecule has 0 radical (unpaired) electrons. The first-order valence-electron chi connectivity index (χ1n) is 3.57. The van der Waals surface area contributed by atoms with Crippen molar-refractivity contribution in [1.29, 1.82) is 0 Å². The van der Waals surface area contributed by atoms with Gasteiger partial charge in [0, 0.05) is 25.0 Å². The molecule has 0 aliphatic carbocycles. The molecule has 0 aliphatic heterocycles. The Bertz CT molecular complexity index is 145. The maximum atomic E-state index is 4.21. The molecule has 0 rings (SSSR count). The lowest BCUT2D eigenvalue weighted by Crippen LogP contribution is -2.03. The Morgan fingerprint density at radius 2 is 2.10 bits per heavy atom. The third-order valence-electron chi connectivity index (χ3n) is 1.23. The minimum atomic E-state index is 0.860. The van der Waals surface area contributed by atoms with E-state index in [9.17, 15) is 0 Å². The topological polar surface area (TPSA) is 24.4 Å². The summed E-state index contributed by atoms with van der Waals surface area (Å²) in [5, 5.41) is 3.03. The molecule has 0 aromatic rings. The van der Waals surface area contributed by atoms with E-state index in [0.717, 1.165) is 18.0 Å². The molecule has 0 saturated carbocycles. The van der Waals surface area contributed by atoms with Gasteiger partial charge in [-0.15, -0.1) is 0 Å². The fraction of sp³-hybridized carbons (Fsp3) is 0.625. The summed E-state index contributed by atoms with van der Waals surface area (Å²) in [5.41, 5.74) is 2.23. The van der Waals surface area contributed by atoms with Crippen LogP contribution in [0.25, 0.3) is 0 Å². The molecule has 0 saturated heterocycles. The Balaban J connectivity index is 3.98. The zero-order valence-electron chi connectivity index (χ0n) is 7.23. The van der Waals surface area contributed by atoms with Crippen molar-refractivity contribution in [3.8, 4) is 0 Å². The summed E-state index contributed by atoms with van der Waals surface area (Å²) < 4.78 is 0. The van der Waals surface area contributed by atoms with Gasteiger partial charge in [-0.1, -0.05) is 0 Å². The van der Waals surface area contributed by atoms with E-state index < -0.39 is 0 Å². The van der Waals surface area contributed by atoms with E-state index in [1.54, 1.807) is 0 Å². The van der Waals surface area contributed by atoms with Gasteiger partial charge in [0.25, 0.3) is 0 Å². The lowest BCUT2D eigenvalue weighted by Gasteiger charge is -1.97. The first-order chi connectivity index (χ1) is 4.70. The molecule has 0 bridgehead atoms. The second-order valence-electron chi connectivity index (χ2n) is 2.19. The summed E-state index contributed by atoms with van der Waals surface area (Å²) >= 11 is 0. The largest absolute Gasteiger partial charge is 0.392 e. The third kappa shape index (κ3) is 4.13. The highest BCUT2D eigenvalue weighted by Crippen LogP contribution is 1.87. The van der Waals surface area contributed by atoms with Crippen LogP contribution in [0.4, 0.5) is 0 Å². The summed E-state index contributed by atoms with van der Waals surface area (Å²) in [4.78, 5) is 4.21. The van der Waals surface area contributed by atoms with Gasteiger partial charge in [-0.3, -0.25) is 4.99 Å². The van der Waals surface area contributed by atoms with Gasteiger partial charge in [0.15, 0.2) is 0 Å². The number of allylic oxidation sites excluding steroid dienone is 2. The van der Waals surface area contributed by atoms with E-state index >= 15 is 0 Å². The van der Waals surface area contributed by atoms with Crippen LogP contribution in [0.1, 0.15) is 20.8 Å². The summed E-state index contributed by atoms with van der Waals surface area (Å²) in [6.07, 6.45) is 2.03. The van der Waals surface area contributed by atoms with Crippen LogP contribution in [-0.2, 0) is 0 Å². The van der Waals surface area contributed by atoms with E-state index in [2.05, 4.69) is 10.3 Å². The molecular formula is C8H16N2. The normalized spacial score (nSPS) is 13.6. The minimum Gasteiger partial charge on any atom is -0.392 e. The van der Waals surface area contributed by atoms with Gasteiger partial charge in [0.05, 0.1) is 0 Å². The molecule has 0 heterocycles. The maximum Gasteiger partial charge on any atom is 0.0364 e.